The number of hydrogen-bond acceptors (Lipinski definition) is 5. The van der Waals surface area contributed by atoms with E-state index in [0.29, 0.717) is 23.2 Å². The summed E-state index contributed by atoms with van der Waals surface area (Å²) in [5, 5.41) is 26.3. The first-order chi connectivity index (χ1) is 15.7. The summed E-state index contributed by atoms with van der Waals surface area (Å²) in [6, 6.07) is 9.08. The Kier molecular flexibility index (Phi) is 7.59. The number of aryl methyl sites for hydroxylation is 2. The van der Waals surface area contributed by atoms with E-state index in [-0.39, 0.29) is 35.1 Å². The van der Waals surface area contributed by atoms with Crippen molar-refractivity contribution in [2.45, 2.75) is 53.0 Å². The maximum absolute atomic E-state index is 13.5. The highest BCUT2D eigenvalue weighted by atomic mass is 16.5. The lowest BCUT2D eigenvalue weighted by Gasteiger charge is -2.22. The zero-order chi connectivity index (χ0) is 24.1. The molecule has 174 valence electrons. The van der Waals surface area contributed by atoms with E-state index in [1.807, 2.05) is 32.0 Å². The van der Waals surface area contributed by atoms with Crippen LogP contribution in [0.15, 0.2) is 47.7 Å². The molecule has 2 aromatic carbocycles. The standard InChI is InChI=1S/C27H32N2O4/c1-6-7-8-9-19-15-23(30)25(22-14-18(4)10-11-21(22)17(2)3)26(31)24(19)27(32)29(5)16-20-12-13-33-28-20/h10-15,30-31H,2,6-9,16H2,1,3-5H3. The van der Waals surface area contributed by atoms with Crippen molar-refractivity contribution in [2.75, 3.05) is 7.05 Å². The Labute approximate surface area is 195 Å². The van der Waals surface area contributed by atoms with Crippen molar-refractivity contribution in [1.29, 1.82) is 0 Å². The van der Waals surface area contributed by atoms with Gasteiger partial charge in [0, 0.05) is 13.1 Å². The monoisotopic (exact) mass is 448 g/mol. The van der Waals surface area contributed by atoms with Crippen LogP contribution in [-0.4, -0.2) is 33.2 Å². The molecule has 2 N–H and O–H groups in total. The van der Waals surface area contributed by atoms with E-state index in [1.165, 1.54) is 11.2 Å². The summed E-state index contributed by atoms with van der Waals surface area (Å²) < 4.78 is 4.87. The first-order valence-corrected chi connectivity index (χ1v) is 11.2. The Balaban J connectivity index is 2.17. The van der Waals surface area contributed by atoms with Crippen LogP contribution in [0.1, 0.15) is 65.9 Å². The van der Waals surface area contributed by atoms with Crippen LogP contribution < -0.4 is 0 Å². The van der Waals surface area contributed by atoms with Gasteiger partial charge in [-0.25, -0.2) is 0 Å². The predicted molar refractivity (Wildman–Crippen MR) is 130 cm³/mol. The van der Waals surface area contributed by atoms with Gasteiger partial charge in [0.15, 0.2) is 0 Å². The summed E-state index contributed by atoms with van der Waals surface area (Å²) in [7, 11) is 1.66. The number of phenolic OH excluding ortho intramolecular Hbond substituents is 2. The van der Waals surface area contributed by atoms with Crippen LogP contribution in [0.5, 0.6) is 11.5 Å². The Morgan fingerprint density at radius 3 is 2.58 bits per heavy atom. The summed E-state index contributed by atoms with van der Waals surface area (Å²) in [5.74, 6) is -0.609. The van der Waals surface area contributed by atoms with Gasteiger partial charge in [0.25, 0.3) is 5.91 Å². The lowest BCUT2D eigenvalue weighted by molar-refractivity contribution is 0.0778. The molecule has 0 radical (unpaired) electrons. The van der Waals surface area contributed by atoms with Gasteiger partial charge in [-0.15, -0.1) is 0 Å². The molecule has 6 heteroatoms. The van der Waals surface area contributed by atoms with Crippen LogP contribution in [-0.2, 0) is 13.0 Å². The lowest BCUT2D eigenvalue weighted by Crippen LogP contribution is -2.27. The van der Waals surface area contributed by atoms with Crippen LogP contribution in [0.4, 0.5) is 0 Å². The minimum atomic E-state index is -0.340. The van der Waals surface area contributed by atoms with Gasteiger partial charge in [-0.1, -0.05) is 60.8 Å². The first-order valence-electron chi connectivity index (χ1n) is 11.2. The zero-order valence-corrected chi connectivity index (χ0v) is 19.8. The molecule has 0 saturated heterocycles. The first kappa shape index (κ1) is 24.1. The average molecular weight is 449 g/mol. The number of hydrogen-bond donors (Lipinski definition) is 2. The van der Waals surface area contributed by atoms with Crippen molar-refractivity contribution < 1.29 is 19.5 Å². The van der Waals surface area contributed by atoms with Gasteiger partial charge in [-0.05, 0) is 49.4 Å². The van der Waals surface area contributed by atoms with Gasteiger partial charge in [0.1, 0.15) is 23.5 Å². The fraction of sp³-hybridized carbons (Fsp3) is 0.333. The van der Waals surface area contributed by atoms with Crippen LogP contribution in [0, 0.1) is 6.92 Å². The fourth-order valence-electron chi connectivity index (χ4n) is 4.04. The largest absolute Gasteiger partial charge is 0.507 e. The number of unbranched alkanes of at least 4 members (excludes halogenated alkanes) is 2. The van der Waals surface area contributed by atoms with E-state index in [1.54, 1.807) is 19.2 Å². The zero-order valence-electron chi connectivity index (χ0n) is 19.8. The topological polar surface area (TPSA) is 86.8 Å². The van der Waals surface area contributed by atoms with Crippen molar-refractivity contribution >= 4 is 11.5 Å². The molecule has 0 unspecified atom stereocenters. The van der Waals surface area contributed by atoms with Crippen molar-refractivity contribution in [1.82, 2.24) is 10.1 Å². The SMILES string of the molecule is C=C(C)c1ccc(C)cc1-c1c(O)cc(CCCCC)c(C(=O)N(C)Cc2ccon2)c1O. The Morgan fingerprint density at radius 2 is 1.94 bits per heavy atom. The van der Waals surface area contributed by atoms with E-state index in [0.717, 1.165) is 36.0 Å². The fourth-order valence-corrected chi connectivity index (χ4v) is 4.04. The second-order valence-electron chi connectivity index (χ2n) is 8.59. The van der Waals surface area contributed by atoms with Gasteiger partial charge in [-0.3, -0.25) is 4.79 Å². The number of benzene rings is 2. The molecule has 33 heavy (non-hydrogen) atoms. The van der Waals surface area contributed by atoms with Crippen LogP contribution in [0.3, 0.4) is 0 Å². The van der Waals surface area contributed by atoms with Crippen molar-refractivity contribution in [2.24, 2.45) is 0 Å². The molecule has 3 rings (SSSR count). The summed E-state index contributed by atoms with van der Waals surface area (Å²) in [5.41, 5.74) is 4.91. The molecule has 1 aromatic heterocycles. The number of carbonyl (C=O) groups excluding carboxylic acids is 1. The van der Waals surface area contributed by atoms with Crippen LogP contribution in [0.25, 0.3) is 16.7 Å². The quantitative estimate of drug-likeness (QED) is 0.386. The van der Waals surface area contributed by atoms with E-state index in [2.05, 4.69) is 18.7 Å². The summed E-state index contributed by atoms with van der Waals surface area (Å²) in [6.07, 6.45) is 4.90. The molecular formula is C27H32N2O4. The van der Waals surface area contributed by atoms with Gasteiger partial charge in [0.05, 0.1) is 17.7 Å². The number of phenols is 2. The van der Waals surface area contributed by atoms with Crippen LogP contribution in [0.2, 0.25) is 0 Å². The molecule has 0 aliphatic carbocycles. The Bertz CT molecular complexity index is 1150. The number of rotatable bonds is 9. The van der Waals surface area contributed by atoms with E-state index >= 15 is 0 Å². The van der Waals surface area contributed by atoms with Gasteiger partial charge in [-0.2, -0.15) is 0 Å². The van der Waals surface area contributed by atoms with E-state index < -0.39 is 0 Å². The van der Waals surface area contributed by atoms with E-state index in [4.69, 9.17) is 4.52 Å². The maximum atomic E-state index is 13.5. The highest BCUT2D eigenvalue weighted by molar-refractivity contribution is 6.02. The third-order valence-electron chi connectivity index (χ3n) is 5.77. The molecule has 0 atom stereocenters. The second-order valence-corrected chi connectivity index (χ2v) is 8.59. The molecule has 0 spiro atoms. The normalized spacial score (nSPS) is 10.9. The van der Waals surface area contributed by atoms with Gasteiger partial charge in [0.2, 0.25) is 0 Å². The number of nitrogens with zero attached hydrogens (tertiary/aromatic N) is 2. The lowest BCUT2D eigenvalue weighted by atomic mass is 9.88. The third kappa shape index (κ3) is 5.28. The number of amides is 1. The number of aromatic hydroxyl groups is 2. The summed E-state index contributed by atoms with van der Waals surface area (Å²) in [6.45, 7) is 10.2. The Morgan fingerprint density at radius 1 is 1.18 bits per heavy atom. The molecule has 1 heterocycles. The number of aromatic nitrogens is 1. The molecule has 0 aliphatic heterocycles. The molecule has 1 amide bonds. The molecule has 0 fully saturated rings. The highest BCUT2D eigenvalue weighted by Gasteiger charge is 2.27. The minimum absolute atomic E-state index is 0.0530. The molecule has 0 aliphatic rings. The average Bonchev–Trinajstić information content (AvgIpc) is 3.26. The molecule has 0 bridgehead atoms. The van der Waals surface area contributed by atoms with Gasteiger partial charge >= 0.3 is 0 Å². The molecule has 0 saturated carbocycles. The Hall–Kier alpha value is -3.54. The smallest absolute Gasteiger partial charge is 0.258 e. The van der Waals surface area contributed by atoms with Crippen molar-refractivity contribution in [3.05, 3.63) is 71.1 Å². The molecular weight excluding hydrogens is 416 g/mol. The maximum Gasteiger partial charge on any atom is 0.258 e. The van der Waals surface area contributed by atoms with Crippen molar-refractivity contribution in [3.63, 3.8) is 0 Å². The predicted octanol–water partition coefficient (Wildman–Crippen LogP) is 6.10. The minimum Gasteiger partial charge on any atom is -0.507 e. The summed E-state index contributed by atoms with van der Waals surface area (Å²) >= 11 is 0. The number of carbonyl (C=O) groups is 1. The highest BCUT2D eigenvalue weighted by Crippen LogP contribution is 2.45. The number of allylic oxidation sites excluding steroid dienone is 1. The van der Waals surface area contributed by atoms with E-state index in [9.17, 15) is 15.0 Å². The molecule has 6 nitrogen and oxygen atoms in total. The third-order valence-corrected chi connectivity index (χ3v) is 5.77. The van der Waals surface area contributed by atoms with Crippen molar-refractivity contribution in [3.8, 4) is 22.6 Å². The second kappa shape index (κ2) is 10.4. The van der Waals surface area contributed by atoms with Gasteiger partial charge < -0.3 is 19.6 Å². The molecule has 3 aromatic rings. The summed E-state index contributed by atoms with van der Waals surface area (Å²) in [4.78, 5) is 15.0. The van der Waals surface area contributed by atoms with Crippen LogP contribution >= 0.6 is 0 Å².